The topological polar surface area (TPSA) is 70.7 Å². The predicted molar refractivity (Wildman–Crippen MR) is 115 cm³/mol. The van der Waals surface area contributed by atoms with E-state index in [9.17, 15) is 8.78 Å². The number of benzene rings is 2. The van der Waals surface area contributed by atoms with Crippen molar-refractivity contribution < 1.29 is 18.3 Å². The maximum absolute atomic E-state index is 12.6. The summed E-state index contributed by atoms with van der Waals surface area (Å²) in [6.07, 6.45) is 3.51. The monoisotopic (exact) mass is 416 g/mol. The SMILES string of the molecule is CN=C(NCCc1ccc(OC)c(OC(F)F)c1)NCCc1c[nH]c2ccccc12. The van der Waals surface area contributed by atoms with Crippen LogP contribution in [0.15, 0.2) is 53.7 Å². The molecule has 0 spiro atoms. The number of nitrogens with one attached hydrogen (secondary N) is 3. The summed E-state index contributed by atoms with van der Waals surface area (Å²) >= 11 is 0. The summed E-state index contributed by atoms with van der Waals surface area (Å²) < 4.78 is 34.7. The van der Waals surface area contributed by atoms with Gasteiger partial charge in [0.2, 0.25) is 0 Å². The first kappa shape index (κ1) is 21.4. The third kappa shape index (κ3) is 5.62. The molecule has 1 aromatic heterocycles. The Morgan fingerprint density at radius 1 is 1.07 bits per heavy atom. The summed E-state index contributed by atoms with van der Waals surface area (Å²) in [6, 6.07) is 13.2. The molecule has 0 saturated carbocycles. The van der Waals surface area contributed by atoms with Crippen LogP contribution in [0.4, 0.5) is 8.78 Å². The molecular weight excluding hydrogens is 390 g/mol. The third-order valence-electron chi connectivity index (χ3n) is 4.74. The average Bonchev–Trinajstić information content (AvgIpc) is 3.15. The number of H-pyrrole nitrogens is 1. The van der Waals surface area contributed by atoms with Gasteiger partial charge in [0.1, 0.15) is 0 Å². The molecule has 3 rings (SSSR count). The molecular formula is C22H26F2N4O2. The fourth-order valence-electron chi connectivity index (χ4n) is 3.26. The number of aliphatic imine (C=N–C) groups is 1. The van der Waals surface area contributed by atoms with Gasteiger partial charge in [-0.15, -0.1) is 0 Å². The number of alkyl halides is 2. The number of methoxy groups -OCH3 is 1. The molecule has 3 N–H and O–H groups in total. The number of ether oxygens (including phenoxy) is 2. The Kier molecular flexibility index (Phi) is 7.48. The van der Waals surface area contributed by atoms with E-state index in [1.54, 1.807) is 19.2 Å². The van der Waals surface area contributed by atoms with E-state index in [2.05, 4.69) is 37.5 Å². The Hall–Kier alpha value is -3.29. The molecule has 0 aliphatic rings. The van der Waals surface area contributed by atoms with Gasteiger partial charge in [0.05, 0.1) is 7.11 Å². The van der Waals surface area contributed by atoms with Crippen molar-refractivity contribution in [3.8, 4) is 11.5 Å². The minimum absolute atomic E-state index is 0.0336. The zero-order valence-corrected chi connectivity index (χ0v) is 17.0. The molecule has 3 aromatic rings. The highest BCUT2D eigenvalue weighted by Gasteiger charge is 2.11. The first-order valence-corrected chi connectivity index (χ1v) is 9.72. The quantitative estimate of drug-likeness (QED) is 0.367. The molecule has 1 heterocycles. The van der Waals surface area contributed by atoms with Crippen LogP contribution in [0.5, 0.6) is 11.5 Å². The van der Waals surface area contributed by atoms with Crippen LogP contribution in [-0.4, -0.2) is 44.8 Å². The normalized spacial score (nSPS) is 11.7. The first-order valence-electron chi connectivity index (χ1n) is 9.72. The van der Waals surface area contributed by atoms with E-state index in [-0.39, 0.29) is 11.5 Å². The van der Waals surface area contributed by atoms with E-state index < -0.39 is 6.61 Å². The Morgan fingerprint density at radius 2 is 1.83 bits per heavy atom. The smallest absolute Gasteiger partial charge is 0.387 e. The molecule has 0 radical (unpaired) electrons. The second-order valence-electron chi connectivity index (χ2n) is 6.65. The maximum atomic E-state index is 12.6. The molecule has 8 heteroatoms. The van der Waals surface area contributed by atoms with Crippen molar-refractivity contribution in [2.45, 2.75) is 19.5 Å². The van der Waals surface area contributed by atoms with Crippen molar-refractivity contribution in [3.05, 3.63) is 59.8 Å². The fraction of sp³-hybridized carbons (Fsp3) is 0.318. The van der Waals surface area contributed by atoms with Crippen LogP contribution in [0.25, 0.3) is 10.9 Å². The van der Waals surface area contributed by atoms with Gasteiger partial charge in [-0.05, 0) is 42.2 Å². The lowest BCUT2D eigenvalue weighted by atomic mass is 10.1. The predicted octanol–water partition coefficient (Wildman–Crippen LogP) is 3.73. The zero-order valence-electron chi connectivity index (χ0n) is 17.0. The Balaban J connectivity index is 1.47. The number of rotatable bonds is 9. The van der Waals surface area contributed by atoms with Gasteiger partial charge >= 0.3 is 6.61 Å². The number of aromatic amines is 1. The summed E-state index contributed by atoms with van der Waals surface area (Å²) in [4.78, 5) is 7.50. The third-order valence-corrected chi connectivity index (χ3v) is 4.74. The molecule has 0 saturated heterocycles. The molecule has 0 aliphatic carbocycles. The van der Waals surface area contributed by atoms with Gasteiger partial charge in [0.15, 0.2) is 17.5 Å². The van der Waals surface area contributed by atoms with Gasteiger partial charge in [-0.1, -0.05) is 24.3 Å². The summed E-state index contributed by atoms with van der Waals surface area (Å²) in [7, 11) is 3.13. The number of halogens is 2. The second-order valence-corrected chi connectivity index (χ2v) is 6.65. The number of hydrogen-bond donors (Lipinski definition) is 3. The van der Waals surface area contributed by atoms with E-state index in [4.69, 9.17) is 4.74 Å². The van der Waals surface area contributed by atoms with Gasteiger partial charge in [-0.25, -0.2) is 0 Å². The number of para-hydroxylation sites is 1. The summed E-state index contributed by atoms with van der Waals surface area (Å²) in [5.41, 5.74) is 3.23. The van der Waals surface area contributed by atoms with Gasteiger partial charge in [0.25, 0.3) is 0 Å². The van der Waals surface area contributed by atoms with E-state index in [0.29, 0.717) is 18.9 Å². The van der Waals surface area contributed by atoms with Gasteiger partial charge < -0.3 is 25.1 Å². The van der Waals surface area contributed by atoms with Gasteiger partial charge in [0, 0.05) is 37.2 Å². The highest BCUT2D eigenvalue weighted by atomic mass is 19.3. The lowest BCUT2D eigenvalue weighted by molar-refractivity contribution is -0.0512. The van der Waals surface area contributed by atoms with Crippen LogP contribution < -0.4 is 20.1 Å². The maximum Gasteiger partial charge on any atom is 0.387 e. The minimum atomic E-state index is -2.90. The van der Waals surface area contributed by atoms with Gasteiger partial charge in [-0.3, -0.25) is 4.99 Å². The summed E-state index contributed by atoms with van der Waals surface area (Å²) in [6.45, 7) is -1.57. The number of nitrogens with zero attached hydrogens (tertiary/aromatic N) is 1. The van der Waals surface area contributed by atoms with Crippen molar-refractivity contribution >= 4 is 16.9 Å². The highest BCUT2D eigenvalue weighted by Crippen LogP contribution is 2.29. The molecule has 2 aromatic carbocycles. The van der Waals surface area contributed by atoms with Crippen LogP contribution >= 0.6 is 0 Å². The van der Waals surface area contributed by atoms with Crippen molar-refractivity contribution in [2.24, 2.45) is 4.99 Å². The molecule has 30 heavy (non-hydrogen) atoms. The van der Waals surface area contributed by atoms with Crippen molar-refractivity contribution in [1.29, 1.82) is 0 Å². The van der Waals surface area contributed by atoms with Crippen molar-refractivity contribution in [1.82, 2.24) is 15.6 Å². The molecule has 0 fully saturated rings. The average molecular weight is 416 g/mol. The van der Waals surface area contributed by atoms with Crippen LogP contribution in [0.2, 0.25) is 0 Å². The Morgan fingerprint density at radius 3 is 2.57 bits per heavy atom. The van der Waals surface area contributed by atoms with Crippen molar-refractivity contribution in [2.75, 3.05) is 27.2 Å². The van der Waals surface area contributed by atoms with E-state index in [1.165, 1.54) is 18.1 Å². The number of aromatic nitrogens is 1. The van der Waals surface area contributed by atoms with Crippen LogP contribution in [-0.2, 0) is 12.8 Å². The second kappa shape index (κ2) is 10.5. The number of guanidine groups is 1. The highest BCUT2D eigenvalue weighted by molar-refractivity contribution is 5.83. The number of hydrogen-bond acceptors (Lipinski definition) is 3. The lowest BCUT2D eigenvalue weighted by Gasteiger charge is -2.13. The lowest BCUT2D eigenvalue weighted by Crippen LogP contribution is -2.39. The fourth-order valence-corrected chi connectivity index (χ4v) is 3.26. The van der Waals surface area contributed by atoms with E-state index in [1.807, 2.05) is 24.4 Å². The summed E-state index contributed by atoms with van der Waals surface area (Å²) in [5, 5.41) is 7.76. The van der Waals surface area contributed by atoms with E-state index in [0.717, 1.165) is 24.0 Å². The standard InChI is InChI=1S/C22H26F2N4O2/c1-25-22(27-12-10-16-14-28-18-6-4-3-5-17(16)18)26-11-9-15-7-8-19(29-2)20(13-15)30-21(23)24/h3-8,13-14,21,28H,9-12H2,1-2H3,(H2,25,26,27). The first-order chi connectivity index (χ1) is 14.6. The molecule has 0 bridgehead atoms. The largest absolute Gasteiger partial charge is 0.493 e. The molecule has 0 atom stereocenters. The Labute approximate surface area is 174 Å². The summed E-state index contributed by atoms with van der Waals surface area (Å²) in [5.74, 6) is 1.00. The number of fused-ring (bicyclic) bond motifs is 1. The molecule has 160 valence electrons. The molecule has 0 amide bonds. The zero-order chi connectivity index (χ0) is 21.3. The van der Waals surface area contributed by atoms with Crippen LogP contribution in [0.3, 0.4) is 0 Å². The van der Waals surface area contributed by atoms with Gasteiger partial charge in [-0.2, -0.15) is 8.78 Å². The molecule has 0 unspecified atom stereocenters. The molecule has 6 nitrogen and oxygen atoms in total. The van der Waals surface area contributed by atoms with Crippen LogP contribution in [0, 0.1) is 0 Å². The Bertz CT molecular complexity index is 988. The van der Waals surface area contributed by atoms with E-state index >= 15 is 0 Å². The molecule has 0 aliphatic heterocycles. The van der Waals surface area contributed by atoms with Crippen LogP contribution in [0.1, 0.15) is 11.1 Å². The minimum Gasteiger partial charge on any atom is -0.493 e. The van der Waals surface area contributed by atoms with Crippen molar-refractivity contribution in [3.63, 3.8) is 0 Å².